The molecule has 0 saturated carbocycles. The standard InChI is InChI=1S/C15H23N3OS/c1-14(2,3)13-11(8-17-18-13)7-16-10-15(4,19)12-5-6-20-9-12/h5-6,8-9,16,19H,7,10H2,1-4H3,(H,17,18). The first-order valence-corrected chi connectivity index (χ1v) is 7.73. The van der Waals surface area contributed by atoms with Crippen molar-refractivity contribution in [3.05, 3.63) is 39.8 Å². The van der Waals surface area contributed by atoms with Gasteiger partial charge in [0.1, 0.15) is 0 Å². The van der Waals surface area contributed by atoms with Crippen LogP contribution in [0.2, 0.25) is 0 Å². The lowest BCUT2D eigenvalue weighted by molar-refractivity contribution is 0.0571. The van der Waals surface area contributed by atoms with E-state index in [-0.39, 0.29) is 5.41 Å². The summed E-state index contributed by atoms with van der Waals surface area (Å²) in [6.45, 7) is 9.52. The number of thiophene rings is 1. The Labute approximate surface area is 124 Å². The number of rotatable bonds is 5. The van der Waals surface area contributed by atoms with Crippen molar-refractivity contribution in [1.29, 1.82) is 0 Å². The summed E-state index contributed by atoms with van der Waals surface area (Å²) in [6, 6.07) is 1.96. The highest BCUT2D eigenvalue weighted by Crippen LogP contribution is 2.24. The second-order valence-corrected chi connectivity index (χ2v) is 7.19. The van der Waals surface area contributed by atoms with Gasteiger partial charge < -0.3 is 10.4 Å². The molecule has 0 spiro atoms. The summed E-state index contributed by atoms with van der Waals surface area (Å²) in [5.41, 5.74) is 2.45. The van der Waals surface area contributed by atoms with Crippen LogP contribution in [0.1, 0.15) is 44.5 Å². The Kier molecular flexibility index (Phi) is 4.32. The van der Waals surface area contributed by atoms with E-state index in [2.05, 4.69) is 36.3 Å². The van der Waals surface area contributed by atoms with Crippen molar-refractivity contribution >= 4 is 11.3 Å². The average Bonchev–Trinajstić information content (AvgIpc) is 2.98. The Morgan fingerprint density at radius 3 is 2.70 bits per heavy atom. The number of aliphatic hydroxyl groups is 1. The lowest BCUT2D eigenvalue weighted by atomic mass is 9.89. The maximum Gasteiger partial charge on any atom is 0.1000 e. The summed E-state index contributed by atoms with van der Waals surface area (Å²) in [5, 5.41) is 24.9. The van der Waals surface area contributed by atoms with Crippen molar-refractivity contribution in [3.63, 3.8) is 0 Å². The Morgan fingerprint density at radius 2 is 2.10 bits per heavy atom. The smallest absolute Gasteiger partial charge is 0.1000 e. The molecule has 2 heterocycles. The van der Waals surface area contributed by atoms with Crippen LogP contribution in [0.5, 0.6) is 0 Å². The van der Waals surface area contributed by atoms with Gasteiger partial charge in [0.05, 0.1) is 11.8 Å². The molecule has 4 nitrogen and oxygen atoms in total. The van der Waals surface area contributed by atoms with Crippen LogP contribution in [0.3, 0.4) is 0 Å². The topological polar surface area (TPSA) is 60.9 Å². The van der Waals surface area contributed by atoms with Crippen LogP contribution in [0.4, 0.5) is 0 Å². The van der Waals surface area contributed by atoms with Crippen LogP contribution < -0.4 is 5.32 Å². The highest BCUT2D eigenvalue weighted by molar-refractivity contribution is 7.08. The van der Waals surface area contributed by atoms with E-state index in [0.29, 0.717) is 13.1 Å². The van der Waals surface area contributed by atoms with Crippen molar-refractivity contribution in [1.82, 2.24) is 15.5 Å². The monoisotopic (exact) mass is 293 g/mol. The zero-order valence-corrected chi connectivity index (χ0v) is 13.3. The number of nitrogens with zero attached hydrogens (tertiary/aromatic N) is 1. The van der Waals surface area contributed by atoms with E-state index in [9.17, 15) is 5.11 Å². The van der Waals surface area contributed by atoms with Gasteiger partial charge in [0.2, 0.25) is 0 Å². The molecule has 110 valence electrons. The molecule has 2 aromatic rings. The minimum Gasteiger partial charge on any atom is -0.384 e. The first-order chi connectivity index (χ1) is 9.31. The molecule has 0 aliphatic rings. The SMILES string of the molecule is CC(C)(C)c1[nH]ncc1CNCC(C)(O)c1ccsc1. The van der Waals surface area contributed by atoms with Crippen LogP contribution in [0.25, 0.3) is 0 Å². The van der Waals surface area contributed by atoms with Gasteiger partial charge in [0.25, 0.3) is 0 Å². The van der Waals surface area contributed by atoms with Crippen molar-refractivity contribution in [2.45, 2.75) is 45.3 Å². The molecule has 0 bridgehead atoms. The summed E-state index contributed by atoms with van der Waals surface area (Å²) in [5.74, 6) is 0. The second kappa shape index (κ2) is 5.68. The molecule has 1 unspecified atom stereocenters. The Morgan fingerprint density at radius 1 is 1.35 bits per heavy atom. The Balaban J connectivity index is 1.96. The van der Waals surface area contributed by atoms with Gasteiger partial charge in [0, 0.05) is 29.8 Å². The highest BCUT2D eigenvalue weighted by Gasteiger charge is 2.24. The van der Waals surface area contributed by atoms with Crippen molar-refractivity contribution < 1.29 is 5.11 Å². The van der Waals surface area contributed by atoms with Crippen LogP contribution >= 0.6 is 11.3 Å². The second-order valence-electron chi connectivity index (χ2n) is 6.41. The van der Waals surface area contributed by atoms with Crippen molar-refractivity contribution in [2.75, 3.05) is 6.54 Å². The van der Waals surface area contributed by atoms with Gasteiger partial charge in [-0.1, -0.05) is 20.8 Å². The van der Waals surface area contributed by atoms with Crippen LogP contribution in [0, 0.1) is 0 Å². The number of hydrogen-bond acceptors (Lipinski definition) is 4. The molecular formula is C15H23N3OS. The van der Waals surface area contributed by atoms with E-state index in [4.69, 9.17) is 0 Å². The van der Waals surface area contributed by atoms with E-state index >= 15 is 0 Å². The fourth-order valence-corrected chi connectivity index (χ4v) is 2.99. The van der Waals surface area contributed by atoms with Gasteiger partial charge in [-0.2, -0.15) is 16.4 Å². The summed E-state index contributed by atoms with van der Waals surface area (Å²) in [4.78, 5) is 0. The zero-order chi connectivity index (χ0) is 14.8. The molecule has 1 atom stereocenters. The molecule has 0 amide bonds. The van der Waals surface area contributed by atoms with Gasteiger partial charge in [-0.3, -0.25) is 5.10 Å². The number of aromatic amines is 1. The summed E-state index contributed by atoms with van der Waals surface area (Å²) >= 11 is 1.60. The van der Waals surface area contributed by atoms with Crippen LogP contribution in [-0.2, 0) is 17.6 Å². The molecule has 0 aliphatic heterocycles. The third kappa shape index (κ3) is 3.48. The van der Waals surface area contributed by atoms with E-state index in [0.717, 1.165) is 16.8 Å². The maximum absolute atomic E-state index is 10.5. The quantitative estimate of drug-likeness (QED) is 0.794. The summed E-state index contributed by atoms with van der Waals surface area (Å²) in [7, 11) is 0. The van der Waals surface area contributed by atoms with Gasteiger partial charge >= 0.3 is 0 Å². The number of H-pyrrole nitrogens is 1. The van der Waals surface area contributed by atoms with Gasteiger partial charge in [-0.15, -0.1) is 0 Å². The molecule has 0 saturated heterocycles. The fraction of sp³-hybridized carbons (Fsp3) is 0.533. The van der Waals surface area contributed by atoms with E-state index < -0.39 is 5.60 Å². The maximum atomic E-state index is 10.5. The molecule has 20 heavy (non-hydrogen) atoms. The van der Waals surface area contributed by atoms with E-state index in [1.807, 2.05) is 29.9 Å². The Hall–Kier alpha value is -1.17. The molecule has 0 aliphatic carbocycles. The molecule has 0 radical (unpaired) electrons. The third-order valence-corrected chi connectivity index (χ3v) is 4.08. The first kappa shape index (κ1) is 15.2. The van der Waals surface area contributed by atoms with E-state index in [1.165, 1.54) is 0 Å². The predicted molar refractivity (Wildman–Crippen MR) is 82.9 cm³/mol. The largest absolute Gasteiger partial charge is 0.384 e. The number of aromatic nitrogens is 2. The lowest BCUT2D eigenvalue weighted by Crippen LogP contribution is -2.35. The molecule has 5 heteroatoms. The first-order valence-electron chi connectivity index (χ1n) is 6.79. The third-order valence-electron chi connectivity index (χ3n) is 3.40. The normalized spacial score (nSPS) is 15.2. The van der Waals surface area contributed by atoms with Crippen LogP contribution in [0.15, 0.2) is 23.0 Å². The predicted octanol–water partition coefficient (Wildman–Crippen LogP) is 2.77. The van der Waals surface area contributed by atoms with Gasteiger partial charge in [0.15, 0.2) is 0 Å². The van der Waals surface area contributed by atoms with Crippen molar-refractivity contribution in [3.8, 4) is 0 Å². The molecule has 0 aromatic carbocycles. The molecule has 2 rings (SSSR count). The average molecular weight is 293 g/mol. The minimum absolute atomic E-state index is 0.0450. The molecule has 0 fully saturated rings. The van der Waals surface area contributed by atoms with Crippen LogP contribution in [-0.4, -0.2) is 21.8 Å². The molecule has 2 aromatic heterocycles. The summed E-state index contributed by atoms with van der Waals surface area (Å²) < 4.78 is 0. The zero-order valence-electron chi connectivity index (χ0n) is 12.5. The highest BCUT2D eigenvalue weighted by atomic mass is 32.1. The van der Waals surface area contributed by atoms with E-state index in [1.54, 1.807) is 11.3 Å². The van der Waals surface area contributed by atoms with Gasteiger partial charge in [-0.05, 0) is 29.3 Å². The van der Waals surface area contributed by atoms with Gasteiger partial charge in [-0.25, -0.2) is 0 Å². The lowest BCUT2D eigenvalue weighted by Gasteiger charge is -2.24. The minimum atomic E-state index is -0.842. The summed E-state index contributed by atoms with van der Waals surface area (Å²) in [6.07, 6.45) is 1.85. The number of nitrogens with one attached hydrogen (secondary N) is 2. The van der Waals surface area contributed by atoms with Crippen molar-refractivity contribution in [2.24, 2.45) is 0 Å². The molecular weight excluding hydrogens is 270 g/mol. The fourth-order valence-electron chi connectivity index (χ4n) is 2.21. The Bertz CT molecular complexity index is 538. The number of hydrogen-bond donors (Lipinski definition) is 3. The molecule has 3 N–H and O–H groups in total.